The molecule has 0 unspecified atom stereocenters. The first-order chi connectivity index (χ1) is 16.4. The van der Waals surface area contributed by atoms with Gasteiger partial charge in [-0.05, 0) is 28.8 Å². The number of aryl methyl sites for hydroxylation is 1. The number of carbonyl (C=O) groups is 1. The molecule has 0 saturated heterocycles. The van der Waals surface area contributed by atoms with Crippen molar-refractivity contribution >= 4 is 39.8 Å². The first-order valence-corrected chi connectivity index (χ1v) is 11.3. The van der Waals surface area contributed by atoms with Gasteiger partial charge in [0.05, 0.1) is 17.8 Å². The highest BCUT2D eigenvalue weighted by atomic mass is 32.2. The average molecular weight is 479 g/mol. The smallest absolute Gasteiger partial charge is 0.311 e. The summed E-state index contributed by atoms with van der Waals surface area (Å²) in [5.41, 5.74) is 1.89. The van der Waals surface area contributed by atoms with Crippen LogP contribution < -0.4 is 15.9 Å². The number of nitrogen functional groups attached to an aromatic ring is 1. The lowest BCUT2D eigenvalue weighted by Gasteiger charge is -2.11. The SMILES string of the molecule is COc1cc(NC(=O)CSc2nnc(Cc3cccc4ccccc34)n2N)c(C)cc1[N+](=O)[O-]. The van der Waals surface area contributed by atoms with Gasteiger partial charge in [0.15, 0.2) is 11.6 Å². The third kappa shape index (κ3) is 4.79. The van der Waals surface area contributed by atoms with E-state index in [4.69, 9.17) is 10.6 Å². The average Bonchev–Trinajstić information content (AvgIpc) is 3.18. The number of nitro benzene ring substituents is 1. The first-order valence-electron chi connectivity index (χ1n) is 10.3. The van der Waals surface area contributed by atoms with Crippen molar-refractivity contribution in [1.29, 1.82) is 0 Å². The highest BCUT2D eigenvalue weighted by Crippen LogP contribution is 2.33. The van der Waals surface area contributed by atoms with Gasteiger partial charge in [-0.15, -0.1) is 10.2 Å². The molecule has 34 heavy (non-hydrogen) atoms. The summed E-state index contributed by atoms with van der Waals surface area (Å²) in [6, 6.07) is 16.9. The molecule has 1 aromatic heterocycles. The molecule has 0 radical (unpaired) electrons. The molecule has 0 atom stereocenters. The minimum Gasteiger partial charge on any atom is -0.490 e. The molecule has 0 saturated carbocycles. The van der Waals surface area contributed by atoms with Crippen LogP contribution in [-0.4, -0.2) is 38.6 Å². The molecular formula is C23H22N6O4S. The number of ether oxygens (including phenoxy) is 1. The summed E-state index contributed by atoms with van der Waals surface area (Å²) >= 11 is 1.15. The number of nitro groups is 1. The number of nitrogens with two attached hydrogens (primary N) is 1. The summed E-state index contributed by atoms with van der Waals surface area (Å²) in [5.74, 6) is 6.56. The first kappa shape index (κ1) is 23.1. The number of thioether (sulfide) groups is 1. The van der Waals surface area contributed by atoms with Gasteiger partial charge in [0.1, 0.15) is 0 Å². The molecule has 174 valence electrons. The van der Waals surface area contributed by atoms with Crippen molar-refractivity contribution in [2.75, 3.05) is 24.0 Å². The molecule has 0 spiro atoms. The molecule has 10 nitrogen and oxygen atoms in total. The molecule has 4 aromatic rings. The van der Waals surface area contributed by atoms with Crippen LogP contribution in [-0.2, 0) is 11.2 Å². The lowest BCUT2D eigenvalue weighted by atomic mass is 10.0. The van der Waals surface area contributed by atoms with Gasteiger partial charge in [0, 0.05) is 24.2 Å². The molecule has 4 rings (SSSR count). The van der Waals surface area contributed by atoms with Crippen LogP contribution in [0.2, 0.25) is 0 Å². The molecule has 0 aliphatic carbocycles. The lowest BCUT2D eigenvalue weighted by molar-refractivity contribution is -0.385. The molecule has 0 bridgehead atoms. The third-order valence-electron chi connectivity index (χ3n) is 5.29. The maximum atomic E-state index is 12.5. The van der Waals surface area contributed by atoms with E-state index in [1.165, 1.54) is 23.9 Å². The fraction of sp³-hybridized carbons (Fsp3) is 0.174. The second-order valence-corrected chi connectivity index (χ2v) is 8.46. The minimum atomic E-state index is -0.531. The Bertz CT molecular complexity index is 1380. The molecule has 1 heterocycles. The number of hydrogen-bond donors (Lipinski definition) is 2. The number of nitrogens with one attached hydrogen (secondary N) is 1. The van der Waals surface area contributed by atoms with Crippen LogP contribution in [0.4, 0.5) is 11.4 Å². The van der Waals surface area contributed by atoms with Crippen molar-refractivity contribution in [2.45, 2.75) is 18.5 Å². The van der Waals surface area contributed by atoms with E-state index < -0.39 is 4.92 Å². The topological polar surface area (TPSA) is 138 Å². The summed E-state index contributed by atoms with van der Waals surface area (Å²) in [4.78, 5) is 23.1. The number of nitrogens with zero attached hydrogens (tertiary/aromatic N) is 4. The number of methoxy groups -OCH3 is 1. The largest absolute Gasteiger partial charge is 0.490 e. The van der Waals surface area contributed by atoms with Crippen LogP contribution in [0.3, 0.4) is 0 Å². The summed E-state index contributed by atoms with van der Waals surface area (Å²) in [7, 11) is 1.34. The number of fused-ring (bicyclic) bond motifs is 1. The van der Waals surface area contributed by atoms with E-state index in [1.807, 2.05) is 36.4 Å². The van der Waals surface area contributed by atoms with E-state index >= 15 is 0 Å². The number of aromatic nitrogens is 3. The quantitative estimate of drug-likeness (QED) is 0.169. The zero-order valence-electron chi connectivity index (χ0n) is 18.5. The summed E-state index contributed by atoms with van der Waals surface area (Å²) in [6.45, 7) is 1.67. The summed E-state index contributed by atoms with van der Waals surface area (Å²) in [5, 5.41) is 24.9. The number of carbonyl (C=O) groups excluding carboxylic acids is 1. The van der Waals surface area contributed by atoms with E-state index in [-0.39, 0.29) is 23.1 Å². The third-order valence-corrected chi connectivity index (χ3v) is 6.24. The van der Waals surface area contributed by atoms with Crippen LogP contribution in [0, 0.1) is 17.0 Å². The van der Waals surface area contributed by atoms with Crippen LogP contribution in [0.25, 0.3) is 10.8 Å². The number of amides is 1. The van der Waals surface area contributed by atoms with E-state index in [9.17, 15) is 14.9 Å². The van der Waals surface area contributed by atoms with Gasteiger partial charge < -0.3 is 15.9 Å². The molecule has 0 aliphatic heterocycles. The van der Waals surface area contributed by atoms with Crippen molar-refractivity contribution in [1.82, 2.24) is 14.9 Å². The van der Waals surface area contributed by atoms with Crippen molar-refractivity contribution < 1.29 is 14.5 Å². The molecule has 1 amide bonds. The Morgan fingerprint density at radius 1 is 1.21 bits per heavy atom. The van der Waals surface area contributed by atoms with Crippen LogP contribution in [0.1, 0.15) is 17.0 Å². The molecular weight excluding hydrogens is 456 g/mol. The van der Waals surface area contributed by atoms with Crippen molar-refractivity contribution in [3.63, 3.8) is 0 Å². The molecule has 0 aliphatic rings. The van der Waals surface area contributed by atoms with E-state index in [0.717, 1.165) is 28.1 Å². The zero-order valence-corrected chi connectivity index (χ0v) is 19.3. The highest BCUT2D eigenvalue weighted by molar-refractivity contribution is 7.99. The van der Waals surface area contributed by atoms with Crippen molar-refractivity contribution in [2.24, 2.45) is 0 Å². The van der Waals surface area contributed by atoms with Gasteiger partial charge in [-0.1, -0.05) is 54.2 Å². The van der Waals surface area contributed by atoms with Crippen LogP contribution in [0.5, 0.6) is 5.75 Å². The van der Waals surface area contributed by atoms with Gasteiger partial charge in [-0.2, -0.15) is 0 Å². The van der Waals surface area contributed by atoms with Gasteiger partial charge in [0.2, 0.25) is 11.1 Å². The van der Waals surface area contributed by atoms with E-state index in [1.54, 1.807) is 6.92 Å². The highest BCUT2D eigenvalue weighted by Gasteiger charge is 2.19. The minimum absolute atomic E-state index is 0.0301. The Hall–Kier alpha value is -4.12. The number of benzene rings is 3. The fourth-order valence-electron chi connectivity index (χ4n) is 3.57. The Labute approximate surface area is 199 Å². The Balaban J connectivity index is 1.43. The van der Waals surface area contributed by atoms with Crippen LogP contribution in [0.15, 0.2) is 59.8 Å². The zero-order chi connectivity index (χ0) is 24.2. The monoisotopic (exact) mass is 478 g/mol. The standard InChI is InChI=1S/C23H22N6O4S/c1-14-10-19(29(31)32)20(33-2)12-18(14)25-22(30)13-34-23-27-26-21(28(23)24)11-16-8-5-7-15-6-3-4-9-17(15)16/h3-10,12H,11,13,24H2,1-2H3,(H,25,30). The van der Waals surface area contributed by atoms with Gasteiger partial charge in [-0.3, -0.25) is 14.9 Å². The van der Waals surface area contributed by atoms with Crippen LogP contribution >= 0.6 is 11.8 Å². The van der Waals surface area contributed by atoms with Gasteiger partial charge >= 0.3 is 5.69 Å². The summed E-state index contributed by atoms with van der Waals surface area (Å²) < 4.78 is 6.46. The Morgan fingerprint density at radius 2 is 1.97 bits per heavy atom. The molecule has 3 N–H and O–H groups in total. The van der Waals surface area contributed by atoms with E-state index in [0.29, 0.717) is 28.7 Å². The number of rotatable bonds is 8. The second-order valence-electron chi connectivity index (χ2n) is 7.52. The Kier molecular flexibility index (Phi) is 6.64. The predicted octanol–water partition coefficient (Wildman–Crippen LogP) is 3.69. The maximum absolute atomic E-state index is 12.5. The van der Waals surface area contributed by atoms with Gasteiger partial charge in [-0.25, -0.2) is 4.68 Å². The van der Waals surface area contributed by atoms with Crippen molar-refractivity contribution in [3.8, 4) is 5.75 Å². The fourth-order valence-corrected chi connectivity index (χ4v) is 4.25. The number of anilines is 1. The van der Waals surface area contributed by atoms with E-state index in [2.05, 4.69) is 21.6 Å². The molecule has 3 aromatic carbocycles. The normalized spacial score (nSPS) is 10.9. The lowest BCUT2D eigenvalue weighted by Crippen LogP contribution is -2.18. The second kappa shape index (κ2) is 9.79. The molecule has 0 fully saturated rings. The Morgan fingerprint density at radius 3 is 2.74 bits per heavy atom. The van der Waals surface area contributed by atoms with Crippen molar-refractivity contribution in [3.05, 3.63) is 81.7 Å². The number of hydrogen-bond acceptors (Lipinski definition) is 8. The maximum Gasteiger partial charge on any atom is 0.311 e. The summed E-state index contributed by atoms with van der Waals surface area (Å²) in [6.07, 6.45) is 0.499. The molecule has 11 heteroatoms. The van der Waals surface area contributed by atoms with Gasteiger partial charge in [0.25, 0.3) is 0 Å². The predicted molar refractivity (Wildman–Crippen MR) is 131 cm³/mol.